The molecule has 1 aromatic carbocycles. The highest BCUT2D eigenvalue weighted by Crippen LogP contribution is 2.08. The number of aliphatic hydroxyl groups excluding tert-OH is 1. The lowest BCUT2D eigenvalue weighted by Crippen LogP contribution is -2.56. The van der Waals surface area contributed by atoms with Gasteiger partial charge < -0.3 is 26.2 Å². The third-order valence-corrected chi connectivity index (χ3v) is 4.56. The van der Waals surface area contributed by atoms with Crippen LogP contribution in [0.1, 0.15) is 51.0 Å². The van der Waals surface area contributed by atoms with Crippen LogP contribution >= 0.6 is 0 Å². The average molecular weight is 420 g/mol. The van der Waals surface area contributed by atoms with Gasteiger partial charge in [0.1, 0.15) is 18.7 Å². The Kier molecular flexibility index (Phi) is 11.9. The molecular weight excluding hydrogens is 386 g/mol. The Morgan fingerprint density at radius 1 is 1.13 bits per heavy atom. The van der Waals surface area contributed by atoms with E-state index in [1.807, 2.05) is 24.3 Å². The number of benzene rings is 1. The molecule has 1 aromatic rings. The van der Waals surface area contributed by atoms with Crippen molar-refractivity contribution in [3.8, 4) is 0 Å². The van der Waals surface area contributed by atoms with E-state index in [2.05, 4.69) is 17.2 Å². The van der Waals surface area contributed by atoms with Gasteiger partial charge in [-0.05, 0) is 31.7 Å². The van der Waals surface area contributed by atoms with Crippen LogP contribution in [0.5, 0.6) is 0 Å². The number of hydrogen-bond acceptors (Lipinski definition) is 5. The first kappa shape index (κ1) is 25.2. The van der Waals surface area contributed by atoms with Crippen LogP contribution < -0.4 is 16.4 Å². The fourth-order valence-corrected chi connectivity index (χ4v) is 2.83. The predicted octanol–water partition coefficient (Wildman–Crippen LogP) is 2.16. The zero-order valence-electron chi connectivity index (χ0n) is 17.5. The highest BCUT2D eigenvalue weighted by molar-refractivity contribution is 5.91. The van der Waals surface area contributed by atoms with Crippen LogP contribution in [0, 0.1) is 0 Å². The SMILES string of the molecule is C=CCCCCCC[C@@H](NC(=O)[C@@H](NC(=O)OCc1ccccc1)[C@@H](C)O)C(N)=O. The molecule has 8 heteroatoms. The maximum absolute atomic E-state index is 12.5. The molecule has 0 saturated carbocycles. The summed E-state index contributed by atoms with van der Waals surface area (Å²) in [5, 5.41) is 14.8. The van der Waals surface area contributed by atoms with Gasteiger partial charge in [-0.3, -0.25) is 9.59 Å². The first-order valence-corrected chi connectivity index (χ1v) is 10.2. The average Bonchev–Trinajstić information content (AvgIpc) is 2.72. The Balaban J connectivity index is 2.53. The number of hydrogen-bond donors (Lipinski definition) is 4. The molecule has 8 nitrogen and oxygen atoms in total. The minimum atomic E-state index is -1.28. The molecule has 0 radical (unpaired) electrons. The summed E-state index contributed by atoms with van der Waals surface area (Å²) < 4.78 is 5.08. The number of carbonyl (C=O) groups excluding carboxylic acids is 3. The molecule has 0 aliphatic rings. The molecule has 0 aromatic heterocycles. The number of rotatable bonds is 14. The van der Waals surface area contributed by atoms with Crippen molar-refractivity contribution in [2.75, 3.05) is 0 Å². The smallest absolute Gasteiger partial charge is 0.408 e. The van der Waals surface area contributed by atoms with E-state index in [0.717, 1.165) is 37.7 Å². The summed E-state index contributed by atoms with van der Waals surface area (Å²) in [6.45, 7) is 5.06. The lowest BCUT2D eigenvalue weighted by atomic mass is 10.0. The Morgan fingerprint density at radius 3 is 2.40 bits per heavy atom. The number of nitrogens with one attached hydrogen (secondary N) is 2. The minimum absolute atomic E-state index is 0.0244. The molecule has 166 valence electrons. The van der Waals surface area contributed by atoms with Gasteiger partial charge in [-0.15, -0.1) is 6.58 Å². The van der Waals surface area contributed by atoms with E-state index in [-0.39, 0.29) is 6.61 Å². The topological polar surface area (TPSA) is 131 Å². The highest BCUT2D eigenvalue weighted by Gasteiger charge is 2.29. The van der Waals surface area contributed by atoms with Gasteiger partial charge in [-0.2, -0.15) is 0 Å². The summed E-state index contributed by atoms with van der Waals surface area (Å²) in [7, 11) is 0. The van der Waals surface area contributed by atoms with Gasteiger partial charge in [0, 0.05) is 0 Å². The lowest BCUT2D eigenvalue weighted by molar-refractivity contribution is -0.130. The van der Waals surface area contributed by atoms with Crippen molar-refractivity contribution in [3.63, 3.8) is 0 Å². The molecule has 3 atom stereocenters. The van der Waals surface area contributed by atoms with Crippen molar-refractivity contribution in [2.45, 2.75) is 70.2 Å². The monoisotopic (exact) mass is 419 g/mol. The maximum atomic E-state index is 12.5. The van der Waals surface area contributed by atoms with Gasteiger partial charge in [0.15, 0.2) is 0 Å². The number of ether oxygens (including phenoxy) is 1. The third-order valence-electron chi connectivity index (χ3n) is 4.56. The molecule has 0 aliphatic heterocycles. The molecule has 1 rings (SSSR count). The molecule has 0 saturated heterocycles. The molecule has 0 fully saturated rings. The molecule has 0 unspecified atom stereocenters. The summed E-state index contributed by atoms with van der Waals surface area (Å²) in [5.74, 6) is -1.36. The Bertz CT molecular complexity index is 679. The summed E-state index contributed by atoms with van der Waals surface area (Å²) in [6.07, 6.45) is 4.79. The van der Waals surface area contributed by atoms with E-state index in [9.17, 15) is 19.5 Å². The van der Waals surface area contributed by atoms with Crippen LogP contribution in [0.25, 0.3) is 0 Å². The van der Waals surface area contributed by atoms with Crippen molar-refractivity contribution in [1.29, 1.82) is 0 Å². The number of nitrogens with two attached hydrogens (primary N) is 1. The fraction of sp³-hybridized carbons (Fsp3) is 0.500. The highest BCUT2D eigenvalue weighted by atomic mass is 16.5. The van der Waals surface area contributed by atoms with Crippen molar-refractivity contribution in [2.24, 2.45) is 5.73 Å². The van der Waals surface area contributed by atoms with Crippen LogP contribution in [0.4, 0.5) is 4.79 Å². The van der Waals surface area contributed by atoms with Gasteiger partial charge in [0.05, 0.1) is 6.10 Å². The van der Waals surface area contributed by atoms with E-state index >= 15 is 0 Å². The lowest BCUT2D eigenvalue weighted by Gasteiger charge is -2.23. The number of amides is 3. The number of primary amides is 1. The summed E-state index contributed by atoms with van der Waals surface area (Å²) in [4.78, 5) is 36.2. The van der Waals surface area contributed by atoms with Crippen LogP contribution in [0.15, 0.2) is 43.0 Å². The van der Waals surface area contributed by atoms with Gasteiger partial charge in [-0.1, -0.05) is 55.7 Å². The number of carbonyl (C=O) groups is 3. The van der Waals surface area contributed by atoms with Crippen LogP contribution in [-0.2, 0) is 20.9 Å². The number of unbranched alkanes of at least 4 members (excludes halogenated alkanes) is 4. The third kappa shape index (κ3) is 10.1. The molecule has 5 N–H and O–H groups in total. The number of alkyl carbamates (subject to hydrolysis) is 1. The van der Waals surface area contributed by atoms with Crippen LogP contribution in [0.3, 0.4) is 0 Å². The van der Waals surface area contributed by atoms with Crippen LogP contribution in [-0.4, -0.2) is 41.2 Å². The van der Waals surface area contributed by atoms with Gasteiger partial charge in [-0.25, -0.2) is 4.79 Å². The second kappa shape index (κ2) is 14.2. The first-order chi connectivity index (χ1) is 14.3. The normalized spacial score (nSPS) is 13.5. The van der Waals surface area contributed by atoms with E-state index in [0.29, 0.717) is 6.42 Å². The minimum Gasteiger partial charge on any atom is -0.445 e. The molecule has 30 heavy (non-hydrogen) atoms. The molecule has 0 aliphatic carbocycles. The van der Waals surface area contributed by atoms with Crippen LogP contribution in [0.2, 0.25) is 0 Å². The summed E-state index contributed by atoms with van der Waals surface area (Å²) in [5.41, 5.74) is 6.18. The molecule has 3 amide bonds. The first-order valence-electron chi connectivity index (χ1n) is 10.2. The summed E-state index contributed by atoms with van der Waals surface area (Å²) >= 11 is 0. The summed E-state index contributed by atoms with van der Waals surface area (Å²) in [6, 6.07) is 6.90. The van der Waals surface area contributed by atoms with E-state index in [4.69, 9.17) is 10.5 Å². The quantitative estimate of drug-likeness (QED) is 0.271. The van der Waals surface area contributed by atoms with E-state index < -0.39 is 36.1 Å². The Labute approximate surface area is 177 Å². The van der Waals surface area contributed by atoms with Crippen molar-refractivity contribution in [3.05, 3.63) is 48.6 Å². The Morgan fingerprint density at radius 2 is 1.80 bits per heavy atom. The van der Waals surface area contributed by atoms with Crippen molar-refractivity contribution < 1.29 is 24.2 Å². The van der Waals surface area contributed by atoms with Crippen molar-refractivity contribution >= 4 is 17.9 Å². The number of aliphatic hydroxyl groups is 1. The predicted molar refractivity (Wildman–Crippen MR) is 114 cm³/mol. The molecule has 0 spiro atoms. The molecular formula is C22H33N3O5. The van der Waals surface area contributed by atoms with E-state index in [1.165, 1.54) is 6.92 Å². The molecule has 0 bridgehead atoms. The van der Waals surface area contributed by atoms with Gasteiger partial charge in [0.2, 0.25) is 11.8 Å². The maximum Gasteiger partial charge on any atom is 0.408 e. The fourth-order valence-electron chi connectivity index (χ4n) is 2.83. The van der Waals surface area contributed by atoms with Gasteiger partial charge in [0.25, 0.3) is 0 Å². The second-order valence-corrected chi connectivity index (χ2v) is 7.17. The van der Waals surface area contributed by atoms with E-state index in [1.54, 1.807) is 12.1 Å². The van der Waals surface area contributed by atoms with Crippen molar-refractivity contribution in [1.82, 2.24) is 10.6 Å². The Hall–Kier alpha value is -2.87. The molecule has 0 heterocycles. The largest absolute Gasteiger partial charge is 0.445 e. The zero-order valence-corrected chi connectivity index (χ0v) is 17.5. The standard InChI is InChI=1S/C22H33N3O5/c1-3-4-5-6-7-11-14-18(20(23)27)24-21(28)19(16(2)26)25-22(29)30-15-17-12-9-8-10-13-17/h3,8-10,12-13,16,18-19,26H,1,4-7,11,14-15H2,2H3,(H2,23,27)(H,24,28)(H,25,29)/t16-,18-,19+/m1/s1. The zero-order chi connectivity index (χ0) is 22.4. The second-order valence-electron chi connectivity index (χ2n) is 7.17. The van der Waals surface area contributed by atoms with Gasteiger partial charge >= 0.3 is 6.09 Å². The number of allylic oxidation sites excluding steroid dienone is 1.